The summed E-state index contributed by atoms with van der Waals surface area (Å²) < 4.78 is 13.0. The average molecular weight is 295 g/mol. The van der Waals surface area contributed by atoms with Crippen molar-refractivity contribution < 1.29 is 14.3 Å². The molecule has 0 spiro atoms. The zero-order valence-corrected chi connectivity index (χ0v) is 13.2. The first-order valence-corrected chi connectivity index (χ1v) is 7.50. The average Bonchev–Trinajstić information content (AvgIpc) is 2.85. The number of aromatic nitrogens is 2. The predicted octanol–water partition coefficient (Wildman–Crippen LogP) is 1.35. The van der Waals surface area contributed by atoms with Gasteiger partial charge in [0.2, 0.25) is 5.91 Å². The molecule has 2 heterocycles. The van der Waals surface area contributed by atoms with Crippen LogP contribution in [0.2, 0.25) is 0 Å². The van der Waals surface area contributed by atoms with Gasteiger partial charge < -0.3 is 14.4 Å². The zero-order valence-electron chi connectivity index (χ0n) is 13.2. The number of carbonyl (C=O) groups is 1. The number of nitrogens with zero attached hydrogens (tertiary/aromatic N) is 3. The summed E-state index contributed by atoms with van der Waals surface area (Å²) in [6.45, 7) is 6.86. The highest BCUT2D eigenvalue weighted by atomic mass is 16.5. The van der Waals surface area contributed by atoms with Gasteiger partial charge in [-0.1, -0.05) is 0 Å². The zero-order chi connectivity index (χ0) is 15.3. The molecule has 6 heteroatoms. The van der Waals surface area contributed by atoms with E-state index in [9.17, 15) is 4.79 Å². The molecule has 0 atom stereocenters. The fourth-order valence-electron chi connectivity index (χ4n) is 2.60. The van der Waals surface area contributed by atoms with Crippen LogP contribution >= 0.6 is 0 Å². The lowest BCUT2D eigenvalue weighted by atomic mass is 9.93. The van der Waals surface area contributed by atoms with Crippen molar-refractivity contribution >= 4 is 5.91 Å². The summed E-state index contributed by atoms with van der Waals surface area (Å²) >= 11 is 0. The summed E-state index contributed by atoms with van der Waals surface area (Å²) in [4.78, 5) is 14.0. The number of rotatable bonds is 6. The van der Waals surface area contributed by atoms with Crippen LogP contribution in [-0.2, 0) is 27.9 Å². The molecule has 1 aromatic heterocycles. The van der Waals surface area contributed by atoms with E-state index in [-0.39, 0.29) is 18.1 Å². The van der Waals surface area contributed by atoms with Crippen LogP contribution in [0.1, 0.15) is 32.4 Å². The fraction of sp³-hybridized carbons (Fsp3) is 0.733. The smallest absolute Gasteiger partial charge is 0.248 e. The topological polar surface area (TPSA) is 56.6 Å². The molecule has 0 saturated carbocycles. The maximum atomic E-state index is 12.1. The molecule has 21 heavy (non-hydrogen) atoms. The van der Waals surface area contributed by atoms with Crippen molar-refractivity contribution in [3.05, 3.63) is 18.0 Å². The lowest BCUT2D eigenvalue weighted by molar-refractivity contribution is -0.142. The van der Waals surface area contributed by atoms with Gasteiger partial charge in [0.15, 0.2) is 0 Å². The first-order chi connectivity index (χ1) is 10.0. The highest BCUT2D eigenvalue weighted by Crippen LogP contribution is 2.25. The number of amides is 1. The number of ether oxygens (including phenoxy) is 2. The molecule has 6 nitrogen and oxygen atoms in total. The largest absolute Gasteiger partial charge is 0.375 e. The summed E-state index contributed by atoms with van der Waals surface area (Å²) in [6, 6.07) is 1.89. The van der Waals surface area contributed by atoms with E-state index in [1.54, 1.807) is 10.9 Å². The van der Waals surface area contributed by atoms with Crippen LogP contribution in [0.15, 0.2) is 12.3 Å². The Hall–Kier alpha value is -1.40. The minimum Gasteiger partial charge on any atom is -0.375 e. The van der Waals surface area contributed by atoms with Gasteiger partial charge in [0.1, 0.15) is 6.61 Å². The molecule has 0 N–H and O–H groups in total. The number of hydrogen-bond acceptors (Lipinski definition) is 4. The van der Waals surface area contributed by atoms with Crippen molar-refractivity contribution in [2.45, 2.75) is 38.9 Å². The summed E-state index contributed by atoms with van der Waals surface area (Å²) in [7, 11) is 1.86. The Bertz CT molecular complexity index is 464. The summed E-state index contributed by atoms with van der Waals surface area (Å²) in [5.41, 5.74) is 0.881. The highest BCUT2D eigenvalue weighted by molar-refractivity contribution is 5.77. The van der Waals surface area contributed by atoms with Gasteiger partial charge in [-0.25, -0.2) is 0 Å². The van der Waals surface area contributed by atoms with Gasteiger partial charge in [0, 0.05) is 32.9 Å². The summed E-state index contributed by atoms with van der Waals surface area (Å²) in [5.74, 6) is 0.0516. The lowest BCUT2D eigenvalue weighted by Crippen LogP contribution is -2.47. The molecule has 2 rings (SSSR count). The van der Waals surface area contributed by atoms with Crippen LogP contribution in [-0.4, -0.2) is 52.5 Å². The van der Waals surface area contributed by atoms with Gasteiger partial charge in [0.05, 0.1) is 17.9 Å². The Kier molecular flexibility index (Phi) is 5.36. The van der Waals surface area contributed by atoms with Crippen molar-refractivity contribution in [2.24, 2.45) is 7.05 Å². The summed E-state index contributed by atoms with van der Waals surface area (Å²) in [5, 5.41) is 4.07. The van der Waals surface area contributed by atoms with E-state index in [2.05, 4.69) is 12.0 Å². The van der Waals surface area contributed by atoms with Crippen molar-refractivity contribution in [1.29, 1.82) is 0 Å². The Labute approximate surface area is 126 Å². The Morgan fingerprint density at radius 3 is 2.71 bits per heavy atom. The molecule has 0 aromatic carbocycles. The van der Waals surface area contributed by atoms with Crippen LogP contribution in [0.25, 0.3) is 0 Å². The number of likely N-dealkylation sites (tertiary alicyclic amines) is 1. The third-order valence-corrected chi connectivity index (χ3v) is 4.06. The van der Waals surface area contributed by atoms with Crippen LogP contribution in [0, 0.1) is 0 Å². The SMILES string of the molecule is CCOC1(C)CCN(C(=O)COCc2ccnn2C)CC1. The van der Waals surface area contributed by atoms with E-state index in [0.29, 0.717) is 6.61 Å². The second-order valence-corrected chi connectivity index (χ2v) is 5.70. The second kappa shape index (κ2) is 7.04. The van der Waals surface area contributed by atoms with E-state index >= 15 is 0 Å². The van der Waals surface area contributed by atoms with E-state index < -0.39 is 0 Å². The Morgan fingerprint density at radius 2 is 2.14 bits per heavy atom. The molecule has 1 aliphatic heterocycles. The minimum atomic E-state index is -0.0822. The van der Waals surface area contributed by atoms with Crippen molar-refractivity contribution in [3.63, 3.8) is 0 Å². The second-order valence-electron chi connectivity index (χ2n) is 5.70. The van der Waals surface area contributed by atoms with Crippen LogP contribution in [0.5, 0.6) is 0 Å². The lowest BCUT2D eigenvalue weighted by Gasteiger charge is -2.39. The first kappa shape index (κ1) is 16.0. The third kappa shape index (κ3) is 4.28. The van der Waals surface area contributed by atoms with Gasteiger partial charge in [-0.3, -0.25) is 9.48 Å². The predicted molar refractivity (Wildman–Crippen MR) is 78.7 cm³/mol. The van der Waals surface area contributed by atoms with Gasteiger partial charge in [-0.15, -0.1) is 0 Å². The fourth-order valence-corrected chi connectivity index (χ4v) is 2.60. The first-order valence-electron chi connectivity index (χ1n) is 7.50. The highest BCUT2D eigenvalue weighted by Gasteiger charge is 2.32. The molecule has 0 unspecified atom stereocenters. The molecular weight excluding hydrogens is 270 g/mol. The van der Waals surface area contributed by atoms with Gasteiger partial charge in [-0.2, -0.15) is 5.10 Å². The maximum Gasteiger partial charge on any atom is 0.248 e. The van der Waals surface area contributed by atoms with E-state index in [1.807, 2.05) is 24.9 Å². The molecule has 0 radical (unpaired) electrons. The van der Waals surface area contributed by atoms with Crippen LogP contribution in [0.4, 0.5) is 0 Å². The monoisotopic (exact) mass is 295 g/mol. The molecule has 1 aromatic rings. The van der Waals surface area contributed by atoms with Crippen LogP contribution < -0.4 is 0 Å². The Morgan fingerprint density at radius 1 is 1.43 bits per heavy atom. The molecule has 1 fully saturated rings. The molecular formula is C15H25N3O3. The Balaban J connectivity index is 1.71. The number of piperidine rings is 1. The summed E-state index contributed by atoms with van der Waals surface area (Å²) in [6.07, 6.45) is 3.49. The van der Waals surface area contributed by atoms with Crippen molar-refractivity contribution in [1.82, 2.24) is 14.7 Å². The molecule has 1 amide bonds. The quantitative estimate of drug-likeness (QED) is 0.795. The molecule has 0 bridgehead atoms. The molecule has 0 aliphatic carbocycles. The number of hydrogen-bond donors (Lipinski definition) is 0. The molecule has 1 saturated heterocycles. The van der Waals surface area contributed by atoms with E-state index in [1.165, 1.54) is 0 Å². The maximum absolute atomic E-state index is 12.1. The third-order valence-electron chi connectivity index (χ3n) is 4.06. The van der Waals surface area contributed by atoms with Crippen molar-refractivity contribution in [2.75, 3.05) is 26.3 Å². The van der Waals surface area contributed by atoms with Gasteiger partial charge in [-0.05, 0) is 32.8 Å². The van der Waals surface area contributed by atoms with Crippen LogP contribution in [0.3, 0.4) is 0 Å². The molecule has 1 aliphatic rings. The van der Waals surface area contributed by atoms with Crippen molar-refractivity contribution in [3.8, 4) is 0 Å². The standard InChI is InChI=1S/C15H25N3O3/c1-4-21-15(2)6-9-18(10-7-15)14(19)12-20-11-13-5-8-16-17(13)3/h5,8H,4,6-7,9-12H2,1-3H3. The van der Waals surface area contributed by atoms with E-state index in [4.69, 9.17) is 9.47 Å². The molecule has 118 valence electrons. The van der Waals surface area contributed by atoms with Gasteiger partial charge >= 0.3 is 0 Å². The minimum absolute atomic E-state index is 0.0516. The normalized spacial score (nSPS) is 18.0. The van der Waals surface area contributed by atoms with Gasteiger partial charge in [0.25, 0.3) is 0 Å². The number of carbonyl (C=O) groups excluding carboxylic acids is 1. The van der Waals surface area contributed by atoms with E-state index in [0.717, 1.165) is 38.2 Å². The number of aryl methyl sites for hydroxylation is 1.